The number of benzene rings is 2. The van der Waals surface area contributed by atoms with Crippen molar-refractivity contribution in [2.45, 2.75) is 23.5 Å². The van der Waals surface area contributed by atoms with Crippen molar-refractivity contribution in [1.82, 2.24) is 0 Å². The van der Waals surface area contributed by atoms with Gasteiger partial charge in [-0.25, -0.2) is 4.39 Å². The van der Waals surface area contributed by atoms with Crippen LogP contribution in [-0.2, 0) is 4.79 Å². The number of halogens is 1. The molecule has 1 N–H and O–H groups in total. The Labute approximate surface area is 122 Å². The summed E-state index contributed by atoms with van der Waals surface area (Å²) in [7, 11) is 0. The van der Waals surface area contributed by atoms with Crippen molar-refractivity contribution >= 4 is 23.4 Å². The van der Waals surface area contributed by atoms with Crippen molar-refractivity contribution in [2.24, 2.45) is 0 Å². The van der Waals surface area contributed by atoms with Gasteiger partial charge in [-0.1, -0.05) is 25.1 Å². The standard InChI is InChI=1S/C16H16FNOS/c1-2-15(20-14-10-8-12(17)9-11-14)16(19)18-13-6-4-3-5-7-13/h3-11,15H,2H2,1H3,(H,18,19). The van der Waals surface area contributed by atoms with Crippen LogP contribution in [0.2, 0.25) is 0 Å². The zero-order chi connectivity index (χ0) is 14.4. The number of amides is 1. The minimum Gasteiger partial charge on any atom is -0.325 e. The Balaban J connectivity index is 2.00. The van der Waals surface area contributed by atoms with E-state index in [1.54, 1.807) is 12.1 Å². The highest BCUT2D eigenvalue weighted by Gasteiger charge is 2.17. The van der Waals surface area contributed by atoms with Crippen LogP contribution >= 0.6 is 11.8 Å². The minimum atomic E-state index is -0.267. The van der Waals surface area contributed by atoms with Gasteiger partial charge in [0, 0.05) is 10.6 Å². The molecule has 104 valence electrons. The molecule has 0 spiro atoms. The molecule has 2 nitrogen and oxygen atoms in total. The smallest absolute Gasteiger partial charge is 0.237 e. The summed E-state index contributed by atoms with van der Waals surface area (Å²) >= 11 is 1.45. The summed E-state index contributed by atoms with van der Waals surface area (Å²) < 4.78 is 12.9. The number of carbonyl (C=O) groups excluding carboxylic acids is 1. The van der Waals surface area contributed by atoms with E-state index in [4.69, 9.17) is 0 Å². The van der Waals surface area contributed by atoms with Crippen LogP contribution in [0.1, 0.15) is 13.3 Å². The molecule has 1 amide bonds. The van der Waals surface area contributed by atoms with Gasteiger partial charge in [-0.3, -0.25) is 4.79 Å². The summed E-state index contributed by atoms with van der Waals surface area (Å²) in [5, 5.41) is 2.70. The van der Waals surface area contributed by atoms with E-state index in [-0.39, 0.29) is 17.0 Å². The predicted octanol–water partition coefficient (Wildman–Crippen LogP) is 4.34. The first kappa shape index (κ1) is 14.6. The number of thioether (sulfide) groups is 1. The number of para-hydroxylation sites is 1. The number of hydrogen-bond acceptors (Lipinski definition) is 2. The van der Waals surface area contributed by atoms with Crippen molar-refractivity contribution in [1.29, 1.82) is 0 Å². The molecule has 1 atom stereocenters. The molecule has 0 saturated carbocycles. The molecule has 0 aliphatic heterocycles. The Morgan fingerprint density at radius 3 is 2.40 bits per heavy atom. The SMILES string of the molecule is CCC(Sc1ccc(F)cc1)C(=O)Nc1ccccc1. The van der Waals surface area contributed by atoms with Crippen molar-refractivity contribution in [2.75, 3.05) is 5.32 Å². The van der Waals surface area contributed by atoms with Crippen LogP contribution in [0.5, 0.6) is 0 Å². The highest BCUT2D eigenvalue weighted by atomic mass is 32.2. The number of anilines is 1. The van der Waals surface area contributed by atoms with Crippen LogP contribution in [0.4, 0.5) is 10.1 Å². The molecular weight excluding hydrogens is 273 g/mol. The van der Waals surface area contributed by atoms with E-state index in [0.717, 1.165) is 10.6 Å². The molecule has 4 heteroatoms. The molecule has 2 aromatic rings. The van der Waals surface area contributed by atoms with Crippen LogP contribution in [0.15, 0.2) is 59.5 Å². The second kappa shape index (κ2) is 7.10. The van der Waals surface area contributed by atoms with Gasteiger partial charge in [0.2, 0.25) is 5.91 Å². The number of hydrogen-bond donors (Lipinski definition) is 1. The third-order valence-electron chi connectivity index (χ3n) is 2.80. The number of carbonyl (C=O) groups is 1. The van der Waals surface area contributed by atoms with E-state index in [2.05, 4.69) is 5.32 Å². The lowest BCUT2D eigenvalue weighted by molar-refractivity contribution is -0.115. The van der Waals surface area contributed by atoms with Crippen LogP contribution < -0.4 is 5.32 Å². The van der Waals surface area contributed by atoms with Crippen molar-refractivity contribution in [3.05, 3.63) is 60.4 Å². The lowest BCUT2D eigenvalue weighted by Crippen LogP contribution is -2.24. The maximum Gasteiger partial charge on any atom is 0.237 e. The summed E-state index contributed by atoms with van der Waals surface area (Å²) in [6.45, 7) is 1.96. The molecule has 2 aromatic carbocycles. The normalized spacial score (nSPS) is 11.9. The van der Waals surface area contributed by atoms with Crippen molar-refractivity contribution in [3.63, 3.8) is 0 Å². The Kier molecular flexibility index (Phi) is 5.18. The van der Waals surface area contributed by atoms with E-state index in [9.17, 15) is 9.18 Å². The first-order valence-electron chi connectivity index (χ1n) is 6.47. The topological polar surface area (TPSA) is 29.1 Å². The van der Waals surface area contributed by atoms with Crippen LogP contribution in [0.25, 0.3) is 0 Å². The van der Waals surface area contributed by atoms with Gasteiger partial charge in [-0.15, -0.1) is 11.8 Å². The molecule has 1 unspecified atom stereocenters. The third-order valence-corrected chi connectivity index (χ3v) is 4.17. The van der Waals surface area contributed by atoms with Crippen molar-refractivity contribution < 1.29 is 9.18 Å². The first-order valence-corrected chi connectivity index (χ1v) is 7.35. The molecule has 0 radical (unpaired) electrons. The second-order valence-electron chi connectivity index (χ2n) is 4.32. The van der Waals surface area contributed by atoms with Crippen LogP contribution in [0, 0.1) is 5.82 Å². The van der Waals surface area contributed by atoms with E-state index in [1.165, 1.54) is 23.9 Å². The average Bonchev–Trinajstić information content (AvgIpc) is 2.47. The molecule has 0 aromatic heterocycles. The van der Waals surface area contributed by atoms with E-state index >= 15 is 0 Å². The van der Waals surface area contributed by atoms with Gasteiger partial charge in [0.15, 0.2) is 0 Å². The molecule has 0 aliphatic carbocycles. The second-order valence-corrected chi connectivity index (χ2v) is 5.60. The zero-order valence-corrected chi connectivity index (χ0v) is 12.0. The van der Waals surface area contributed by atoms with Crippen molar-refractivity contribution in [3.8, 4) is 0 Å². The van der Waals surface area contributed by atoms with Gasteiger partial charge >= 0.3 is 0 Å². The number of rotatable bonds is 5. The predicted molar refractivity (Wildman–Crippen MR) is 81.4 cm³/mol. The molecule has 0 bridgehead atoms. The summed E-state index contributed by atoms with van der Waals surface area (Å²) in [6, 6.07) is 15.6. The fraction of sp³-hybridized carbons (Fsp3) is 0.188. The van der Waals surface area contributed by atoms with E-state index in [1.807, 2.05) is 37.3 Å². The van der Waals surface area contributed by atoms with E-state index in [0.29, 0.717) is 6.42 Å². The number of nitrogens with one attached hydrogen (secondary N) is 1. The average molecular weight is 289 g/mol. The molecule has 0 heterocycles. The Morgan fingerprint density at radius 1 is 1.15 bits per heavy atom. The maximum atomic E-state index is 12.9. The fourth-order valence-corrected chi connectivity index (χ4v) is 2.70. The van der Waals surface area contributed by atoms with Gasteiger partial charge in [0.1, 0.15) is 5.82 Å². The summed E-state index contributed by atoms with van der Waals surface area (Å²) in [6.07, 6.45) is 0.709. The highest BCUT2D eigenvalue weighted by molar-refractivity contribution is 8.00. The van der Waals surface area contributed by atoms with E-state index < -0.39 is 0 Å². The highest BCUT2D eigenvalue weighted by Crippen LogP contribution is 2.26. The molecule has 0 fully saturated rings. The quantitative estimate of drug-likeness (QED) is 0.830. The molecule has 0 saturated heterocycles. The first-order chi connectivity index (χ1) is 9.69. The lowest BCUT2D eigenvalue weighted by Gasteiger charge is -2.14. The van der Waals surface area contributed by atoms with Gasteiger partial charge < -0.3 is 5.32 Å². The fourth-order valence-electron chi connectivity index (χ4n) is 1.74. The Morgan fingerprint density at radius 2 is 1.80 bits per heavy atom. The molecule has 20 heavy (non-hydrogen) atoms. The van der Waals surface area contributed by atoms with Gasteiger partial charge in [-0.2, -0.15) is 0 Å². The summed E-state index contributed by atoms with van der Waals surface area (Å²) in [5.74, 6) is -0.302. The summed E-state index contributed by atoms with van der Waals surface area (Å²) in [4.78, 5) is 13.1. The largest absolute Gasteiger partial charge is 0.325 e. The lowest BCUT2D eigenvalue weighted by atomic mass is 10.3. The third kappa shape index (κ3) is 4.10. The summed E-state index contributed by atoms with van der Waals surface area (Å²) in [5.41, 5.74) is 0.788. The minimum absolute atomic E-state index is 0.0342. The van der Waals surface area contributed by atoms with Gasteiger partial charge in [-0.05, 0) is 42.8 Å². The zero-order valence-electron chi connectivity index (χ0n) is 11.2. The Hall–Kier alpha value is -1.81. The van der Waals surface area contributed by atoms with Crippen LogP contribution in [0.3, 0.4) is 0 Å². The molecule has 0 aliphatic rings. The molecule has 2 rings (SSSR count). The van der Waals surface area contributed by atoms with Gasteiger partial charge in [0.05, 0.1) is 5.25 Å². The maximum absolute atomic E-state index is 12.9. The van der Waals surface area contributed by atoms with Gasteiger partial charge in [0.25, 0.3) is 0 Å². The Bertz CT molecular complexity index is 556. The molecular formula is C16H16FNOS. The van der Waals surface area contributed by atoms with Crippen LogP contribution in [-0.4, -0.2) is 11.2 Å². The monoisotopic (exact) mass is 289 g/mol.